The maximum absolute atomic E-state index is 13.1. The number of phosphoric ester groups is 2. The average molecular weight is 1500 g/mol. The van der Waals surface area contributed by atoms with Gasteiger partial charge in [-0.2, -0.15) is 0 Å². The third-order valence-corrected chi connectivity index (χ3v) is 17.9. The molecule has 0 spiro atoms. The molecule has 0 bridgehead atoms. The molecule has 104 heavy (non-hydrogen) atoms. The van der Waals surface area contributed by atoms with Crippen LogP contribution in [0.3, 0.4) is 0 Å². The van der Waals surface area contributed by atoms with Crippen LogP contribution in [0, 0.1) is 0 Å². The lowest BCUT2D eigenvalue weighted by atomic mass is 10.0. The number of unbranched alkanes of at least 4 members (excludes halogenated alkanes) is 22. The van der Waals surface area contributed by atoms with Crippen LogP contribution in [0.4, 0.5) is 0 Å². The number of phosphoric acid groups is 2. The number of rotatable bonds is 73. The van der Waals surface area contributed by atoms with Gasteiger partial charge in [-0.05, 0) is 122 Å². The van der Waals surface area contributed by atoms with Crippen molar-refractivity contribution in [3.8, 4) is 0 Å². The second-order valence-electron chi connectivity index (χ2n) is 25.9. The fourth-order valence-electron chi connectivity index (χ4n) is 10.1. The molecule has 5 atom stereocenters. The van der Waals surface area contributed by atoms with E-state index in [0.29, 0.717) is 32.1 Å². The highest BCUT2D eigenvalue weighted by molar-refractivity contribution is 7.47. The number of allylic oxidation sites excluding steroid dienone is 25. The summed E-state index contributed by atoms with van der Waals surface area (Å²) in [6.45, 7) is 4.41. The van der Waals surface area contributed by atoms with E-state index in [2.05, 4.69) is 143 Å². The first-order valence-corrected chi connectivity index (χ1v) is 42.7. The summed E-state index contributed by atoms with van der Waals surface area (Å²) in [7, 11) is -10.0. The van der Waals surface area contributed by atoms with Crippen molar-refractivity contribution in [1.29, 1.82) is 0 Å². The van der Waals surface area contributed by atoms with Gasteiger partial charge in [-0.3, -0.25) is 37.3 Å². The predicted molar refractivity (Wildman–Crippen MR) is 427 cm³/mol. The van der Waals surface area contributed by atoms with Crippen LogP contribution in [-0.2, 0) is 65.4 Å². The zero-order valence-corrected chi connectivity index (χ0v) is 66.4. The minimum Gasteiger partial charge on any atom is -0.462 e. The van der Waals surface area contributed by atoms with Gasteiger partial charge in [0.25, 0.3) is 0 Å². The van der Waals surface area contributed by atoms with Crippen molar-refractivity contribution in [3.63, 3.8) is 0 Å². The van der Waals surface area contributed by atoms with Crippen molar-refractivity contribution in [2.24, 2.45) is 0 Å². The molecule has 17 nitrogen and oxygen atoms in total. The maximum Gasteiger partial charge on any atom is 0.472 e. The zero-order chi connectivity index (χ0) is 76.0. The molecule has 0 fully saturated rings. The summed E-state index contributed by atoms with van der Waals surface area (Å²) in [6, 6.07) is 0. The Morgan fingerprint density at radius 3 is 0.913 bits per heavy atom. The molecule has 0 saturated carbocycles. The topological polar surface area (TPSA) is 237 Å². The van der Waals surface area contributed by atoms with Gasteiger partial charge in [-0.1, -0.05) is 308 Å². The number of aliphatic hydroxyl groups excluding tert-OH is 1. The highest BCUT2D eigenvalue weighted by Gasteiger charge is 2.30. The van der Waals surface area contributed by atoms with Gasteiger partial charge >= 0.3 is 39.5 Å². The average Bonchev–Trinajstić information content (AvgIpc) is 0.918. The summed E-state index contributed by atoms with van der Waals surface area (Å²) >= 11 is 0. The van der Waals surface area contributed by atoms with Crippen LogP contribution >= 0.6 is 15.6 Å². The molecule has 0 aliphatic heterocycles. The number of aliphatic hydroxyl groups is 1. The third-order valence-electron chi connectivity index (χ3n) is 16.0. The fourth-order valence-corrected chi connectivity index (χ4v) is 11.6. The van der Waals surface area contributed by atoms with E-state index in [-0.39, 0.29) is 25.7 Å². The Hall–Kier alpha value is -5.32. The lowest BCUT2D eigenvalue weighted by molar-refractivity contribution is -0.161. The van der Waals surface area contributed by atoms with Gasteiger partial charge in [-0.25, -0.2) is 9.13 Å². The third kappa shape index (κ3) is 74.9. The molecule has 0 amide bonds. The van der Waals surface area contributed by atoms with E-state index < -0.39 is 97.5 Å². The van der Waals surface area contributed by atoms with Crippen LogP contribution in [-0.4, -0.2) is 96.7 Å². The number of hydrogen-bond acceptors (Lipinski definition) is 15. The number of esters is 4. The zero-order valence-electron chi connectivity index (χ0n) is 64.6. The molecule has 0 aromatic carbocycles. The summed E-state index contributed by atoms with van der Waals surface area (Å²) in [6.07, 6.45) is 88.4. The van der Waals surface area contributed by atoms with Crippen LogP contribution in [0.5, 0.6) is 0 Å². The molecule has 3 N–H and O–H groups in total. The fraction of sp³-hybridized carbons (Fsp3) is 0.647. The summed E-state index contributed by atoms with van der Waals surface area (Å²) in [5.74, 6) is -2.44. The number of carbonyl (C=O) groups excluding carboxylic acids is 4. The molecule has 592 valence electrons. The molecule has 0 aliphatic carbocycles. The quantitative estimate of drug-likeness (QED) is 0.0169. The first kappa shape index (κ1) is 98.7. The van der Waals surface area contributed by atoms with Crippen LogP contribution in [0.2, 0.25) is 0 Å². The molecule has 5 unspecified atom stereocenters. The molecular formula is C85H140O17P2. The minimum absolute atomic E-state index is 0.0316. The largest absolute Gasteiger partial charge is 0.472 e. The molecule has 0 rings (SSSR count). The standard InChI is InChI=1S/C85H140O17P2/c1-5-9-13-17-21-25-29-33-37-38-39-40-44-46-50-54-58-62-66-70-83(88)96-76-81(102-85(90)72-68-64-60-56-52-48-43-36-32-28-24-20-16-12-8-4)78-100-104(93,94)98-74-79(86)73-97-103(91,92)99-77-80(101-84(89)71-67-63-59-55-51-47-42-35-31-27-23-19-15-11-7-3)75-95-82(87)69-65-61-57-53-49-45-41-34-30-26-22-18-14-10-6-2/h9-10,13-14,21-23,25-27,33-35,37,39-42,46,49-50,53,58,61-62,65,79-81,86H,5-8,11-12,15-20,24,28-32,36,38,43-45,47-48,51-52,54-57,59-60,63-64,66-78H2,1-4H3,(H,91,92)(H,93,94)/b13-9-,14-10-,25-21-,26-22-,27-23-,37-33-,40-39-,41-34-,42-35-,50-46-,53-49-,62-58-,65-61-. The summed E-state index contributed by atoms with van der Waals surface area (Å²) in [5, 5.41) is 10.6. The molecule has 0 saturated heterocycles. The van der Waals surface area contributed by atoms with Crippen molar-refractivity contribution in [2.45, 2.75) is 316 Å². The Morgan fingerprint density at radius 2 is 0.558 bits per heavy atom. The normalized spacial score (nSPS) is 14.7. The number of ether oxygens (including phenoxy) is 4. The van der Waals surface area contributed by atoms with Crippen molar-refractivity contribution in [1.82, 2.24) is 0 Å². The number of hydrogen-bond donors (Lipinski definition) is 3. The van der Waals surface area contributed by atoms with Gasteiger partial charge in [0.15, 0.2) is 12.2 Å². The SMILES string of the molecule is CC/C=C\C/C=C\C/C=C\C/C=C\C/C=C\C/C=C\CCC(=O)OCC(COP(=O)(O)OCC(O)COP(=O)(O)OCC(COC(=O)C/C=C\C/C=C\C/C=C\C/C=C\C/C=C\CC)OC(=O)CCCCCCC/C=C\C/C=C\CCCCC)OC(=O)CCCCCCCCCCCCCCCCC. The van der Waals surface area contributed by atoms with E-state index in [9.17, 15) is 43.2 Å². The van der Waals surface area contributed by atoms with Gasteiger partial charge in [0.05, 0.1) is 32.8 Å². The Labute approximate surface area is 629 Å². The van der Waals surface area contributed by atoms with Crippen molar-refractivity contribution < 1.29 is 80.2 Å². The first-order valence-electron chi connectivity index (χ1n) is 39.7. The van der Waals surface area contributed by atoms with Gasteiger partial charge in [0.1, 0.15) is 19.3 Å². The molecule has 19 heteroatoms. The summed E-state index contributed by atoms with van der Waals surface area (Å²) in [4.78, 5) is 72.9. The summed E-state index contributed by atoms with van der Waals surface area (Å²) < 4.78 is 68.4. The minimum atomic E-state index is -5.01. The molecule has 0 aromatic rings. The van der Waals surface area contributed by atoms with Crippen LogP contribution in [0.1, 0.15) is 297 Å². The highest BCUT2D eigenvalue weighted by atomic mass is 31.2. The van der Waals surface area contributed by atoms with Crippen LogP contribution in [0.25, 0.3) is 0 Å². The monoisotopic (exact) mass is 1490 g/mol. The molecule has 0 aliphatic rings. The number of carbonyl (C=O) groups is 4. The molecule has 0 aromatic heterocycles. The molecular weight excluding hydrogens is 1350 g/mol. The van der Waals surface area contributed by atoms with Crippen molar-refractivity contribution in [3.05, 3.63) is 158 Å². The first-order chi connectivity index (χ1) is 50.7. The van der Waals surface area contributed by atoms with Crippen LogP contribution in [0.15, 0.2) is 158 Å². The Morgan fingerprint density at radius 1 is 0.288 bits per heavy atom. The van der Waals surface area contributed by atoms with E-state index in [4.69, 9.17) is 37.0 Å². The van der Waals surface area contributed by atoms with E-state index in [1.54, 1.807) is 6.08 Å². The Kier molecular flexibility index (Phi) is 72.0. The van der Waals surface area contributed by atoms with Crippen molar-refractivity contribution in [2.75, 3.05) is 39.6 Å². The molecule has 0 heterocycles. The second kappa shape index (κ2) is 75.9. The van der Waals surface area contributed by atoms with Gasteiger partial charge < -0.3 is 33.8 Å². The smallest absolute Gasteiger partial charge is 0.462 e. The van der Waals surface area contributed by atoms with Gasteiger partial charge in [0, 0.05) is 19.3 Å². The Balaban J connectivity index is 5.50. The van der Waals surface area contributed by atoms with Crippen molar-refractivity contribution >= 4 is 39.5 Å². The summed E-state index contributed by atoms with van der Waals surface area (Å²) in [5.41, 5.74) is 0. The second-order valence-corrected chi connectivity index (χ2v) is 28.8. The predicted octanol–water partition coefficient (Wildman–Crippen LogP) is 23.2. The van der Waals surface area contributed by atoms with E-state index >= 15 is 0 Å². The van der Waals surface area contributed by atoms with E-state index in [1.165, 1.54) is 83.5 Å². The lowest BCUT2D eigenvalue weighted by Crippen LogP contribution is -2.30. The van der Waals surface area contributed by atoms with Crippen LogP contribution < -0.4 is 0 Å². The maximum atomic E-state index is 13.1. The highest BCUT2D eigenvalue weighted by Crippen LogP contribution is 2.45. The lowest BCUT2D eigenvalue weighted by Gasteiger charge is -2.21. The van der Waals surface area contributed by atoms with E-state index in [0.717, 1.165) is 128 Å². The van der Waals surface area contributed by atoms with E-state index in [1.807, 2.05) is 36.5 Å². The van der Waals surface area contributed by atoms with Gasteiger partial charge in [-0.15, -0.1) is 0 Å². The van der Waals surface area contributed by atoms with Gasteiger partial charge in [0.2, 0.25) is 0 Å². The Bertz CT molecular complexity index is 2590. The molecule has 0 radical (unpaired) electrons.